The fourth-order valence-corrected chi connectivity index (χ4v) is 4.35. The highest BCUT2D eigenvalue weighted by atomic mass is 16.6. The average Bonchev–Trinajstić information content (AvgIpc) is 2.90. The number of hydrogen-bond acceptors (Lipinski definition) is 6. The van der Waals surface area contributed by atoms with E-state index in [-0.39, 0.29) is 29.1 Å². The van der Waals surface area contributed by atoms with Crippen LogP contribution in [0.25, 0.3) is 11.3 Å². The number of aromatic amines is 1. The van der Waals surface area contributed by atoms with Crippen molar-refractivity contribution < 1.29 is 14.3 Å². The number of nitrogens with zero attached hydrogens (tertiary/aromatic N) is 2. The maximum Gasteiger partial charge on any atom is 0.409 e. The molecule has 38 heavy (non-hydrogen) atoms. The molecule has 1 saturated heterocycles. The molecular weight excluding hydrogens is 482 g/mol. The van der Waals surface area contributed by atoms with Crippen LogP contribution in [0.3, 0.4) is 0 Å². The van der Waals surface area contributed by atoms with Crippen LogP contribution in [0.1, 0.15) is 56.5 Å². The zero-order chi connectivity index (χ0) is 27.3. The molecule has 3 N–H and O–H groups in total. The van der Waals surface area contributed by atoms with Gasteiger partial charge in [0.15, 0.2) is 0 Å². The number of carbonyl (C=O) groups excluding carboxylic acids is 2. The summed E-state index contributed by atoms with van der Waals surface area (Å²) < 4.78 is 5.09. The number of likely N-dealkylation sites (tertiary alicyclic amines) is 1. The van der Waals surface area contributed by atoms with E-state index in [1.54, 1.807) is 36.2 Å². The number of carbonyl (C=O) groups is 2. The Hall–Kier alpha value is -4.14. The van der Waals surface area contributed by atoms with Gasteiger partial charge in [0.05, 0.1) is 12.3 Å². The zero-order valence-corrected chi connectivity index (χ0v) is 22.3. The van der Waals surface area contributed by atoms with E-state index in [2.05, 4.69) is 36.4 Å². The molecule has 0 radical (unpaired) electrons. The Labute approximate surface area is 222 Å². The lowest BCUT2D eigenvalue weighted by atomic mass is 9.87. The van der Waals surface area contributed by atoms with Crippen LogP contribution in [0.15, 0.2) is 59.5 Å². The zero-order valence-electron chi connectivity index (χ0n) is 22.3. The van der Waals surface area contributed by atoms with Crippen LogP contribution in [0.4, 0.5) is 16.3 Å². The number of amides is 2. The molecule has 9 nitrogen and oxygen atoms in total. The van der Waals surface area contributed by atoms with Crippen LogP contribution in [0, 0.1) is 0 Å². The molecule has 200 valence electrons. The Balaban J connectivity index is 1.43. The van der Waals surface area contributed by atoms with Gasteiger partial charge >= 0.3 is 6.09 Å². The fourth-order valence-electron chi connectivity index (χ4n) is 4.35. The first kappa shape index (κ1) is 26.9. The monoisotopic (exact) mass is 517 g/mol. The maximum absolute atomic E-state index is 12.8. The predicted octanol–water partition coefficient (Wildman–Crippen LogP) is 5.02. The molecule has 0 aliphatic carbocycles. The van der Waals surface area contributed by atoms with Gasteiger partial charge in [-0.2, -0.15) is 0 Å². The van der Waals surface area contributed by atoms with E-state index in [0.717, 1.165) is 18.4 Å². The molecule has 0 unspecified atom stereocenters. The van der Waals surface area contributed by atoms with Crippen LogP contribution >= 0.6 is 0 Å². The van der Waals surface area contributed by atoms with E-state index < -0.39 is 5.56 Å². The smallest absolute Gasteiger partial charge is 0.409 e. The van der Waals surface area contributed by atoms with Crippen molar-refractivity contribution in [3.63, 3.8) is 0 Å². The normalized spacial score (nSPS) is 14.2. The second kappa shape index (κ2) is 11.5. The topological polar surface area (TPSA) is 116 Å². The molecule has 3 heterocycles. The van der Waals surface area contributed by atoms with Crippen molar-refractivity contribution in [2.45, 2.75) is 52.0 Å². The Bertz CT molecular complexity index is 1340. The highest BCUT2D eigenvalue weighted by Crippen LogP contribution is 2.24. The number of hydrogen-bond donors (Lipinski definition) is 3. The molecule has 1 aliphatic heterocycles. The number of nitrogens with one attached hydrogen (secondary N) is 3. The highest BCUT2D eigenvalue weighted by molar-refractivity contribution is 6.04. The van der Waals surface area contributed by atoms with Crippen molar-refractivity contribution in [1.29, 1.82) is 0 Å². The molecule has 2 aromatic heterocycles. The maximum atomic E-state index is 12.8. The third-order valence-electron chi connectivity index (χ3n) is 6.58. The summed E-state index contributed by atoms with van der Waals surface area (Å²) in [7, 11) is 0. The molecule has 0 atom stereocenters. The van der Waals surface area contributed by atoms with E-state index in [1.807, 2.05) is 30.3 Å². The lowest BCUT2D eigenvalue weighted by Gasteiger charge is -2.31. The van der Waals surface area contributed by atoms with Gasteiger partial charge in [-0.25, -0.2) is 9.78 Å². The third-order valence-corrected chi connectivity index (χ3v) is 6.58. The van der Waals surface area contributed by atoms with Crippen LogP contribution < -0.4 is 16.2 Å². The van der Waals surface area contributed by atoms with Crippen molar-refractivity contribution in [2.75, 3.05) is 30.3 Å². The van der Waals surface area contributed by atoms with Crippen LogP contribution in [-0.4, -0.2) is 52.6 Å². The Morgan fingerprint density at radius 1 is 1.11 bits per heavy atom. The molecule has 0 saturated carbocycles. The molecule has 0 spiro atoms. The van der Waals surface area contributed by atoms with Gasteiger partial charge in [0.1, 0.15) is 11.5 Å². The number of benzene rings is 1. The fraction of sp³-hybridized carbons (Fsp3) is 0.379. The Kier molecular flexibility index (Phi) is 8.14. The molecular formula is C29H35N5O4. The van der Waals surface area contributed by atoms with E-state index in [4.69, 9.17) is 9.72 Å². The lowest BCUT2D eigenvalue weighted by Crippen LogP contribution is -2.42. The van der Waals surface area contributed by atoms with Crippen LogP contribution in [-0.2, 0) is 10.2 Å². The number of aromatic nitrogens is 2. The molecule has 1 aromatic carbocycles. The Morgan fingerprint density at radius 2 is 1.82 bits per heavy atom. The minimum atomic E-state index is -0.393. The molecule has 9 heteroatoms. The summed E-state index contributed by atoms with van der Waals surface area (Å²) in [6, 6.07) is 14.8. The van der Waals surface area contributed by atoms with Crippen molar-refractivity contribution in [2.24, 2.45) is 0 Å². The molecule has 0 bridgehead atoms. The minimum absolute atomic E-state index is 0.0170. The number of H-pyrrole nitrogens is 1. The summed E-state index contributed by atoms with van der Waals surface area (Å²) in [6.07, 6.45) is 2.89. The van der Waals surface area contributed by atoms with E-state index in [1.165, 1.54) is 0 Å². The van der Waals surface area contributed by atoms with Gasteiger partial charge < -0.3 is 25.3 Å². The molecule has 3 aromatic rings. The van der Waals surface area contributed by atoms with Crippen molar-refractivity contribution in [1.82, 2.24) is 14.9 Å². The van der Waals surface area contributed by atoms with Gasteiger partial charge in [0.25, 0.3) is 11.5 Å². The highest BCUT2D eigenvalue weighted by Gasteiger charge is 2.23. The summed E-state index contributed by atoms with van der Waals surface area (Å²) in [5.41, 5.74) is 2.66. The molecule has 4 rings (SSSR count). The van der Waals surface area contributed by atoms with Crippen LogP contribution in [0.5, 0.6) is 0 Å². The molecule has 1 fully saturated rings. The second-order valence-corrected chi connectivity index (χ2v) is 10.4. The van der Waals surface area contributed by atoms with Gasteiger partial charge in [-0.05, 0) is 61.1 Å². The van der Waals surface area contributed by atoms with Gasteiger partial charge in [0.2, 0.25) is 0 Å². The van der Waals surface area contributed by atoms with Gasteiger partial charge in [-0.1, -0.05) is 39.0 Å². The quantitative estimate of drug-likeness (QED) is 0.423. The average molecular weight is 518 g/mol. The summed E-state index contributed by atoms with van der Waals surface area (Å²) >= 11 is 0. The number of rotatable bonds is 6. The standard InChI is InChI=1S/C29H35N5O4/c1-5-38-28(37)34-15-13-22(14-16-34)31-25-8-6-7-23(32-25)20-17-24(27(36)30-18-20)33-26(35)19-9-11-21(12-10-19)29(2,3)4/h6-12,17-18,22H,5,13-16H2,1-4H3,(H,30,36)(H,31,32)(H,33,35). The summed E-state index contributed by atoms with van der Waals surface area (Å²) in [4.78, 5) is 46.4. The largest absolute Gasteiger partial charge is 0.450 e. The van der Waals surface area contributed by atoms with Crippen LogP contribution in [0.2, 0.25) is 0 Å². The van der Waals surface area contributed by atoms with E-state index in [9.17, 15) is 14.4 Å². The van der Waals surface area contributed by atoms with Gasteiger partial charge in [-0.15, -0.1) is 0 Å². The number of piperidine rings is 1. The Morgan fingerprint density at radius 3 is 2.47 bits per heavy atom. The van der Waals surface area contributed by atoms with Crippen molar-refractivity contribution in [3.05, 3.63) is 76.2 Å². The molecule has 2 amide bonds. The first-order valence-corrected chi connectivity index (χ1v) is 12.9. The summed E-state index contributed by atoms with van der Waals surface area (Å²) in [6.45, 7) is 9.75. The second-order valence-electron chi connectivity index (χ2n) is 10.4. The summed E-state index contributed by atoms with van der Waals surface area (Å²) in [5.74, 6) is 0.346. The predicted molar refractivity (Wildman–Crippen MR) is 149 cm³/mol. The SMILES string of the molecule is CCOC(=O)N1CCC(Nc2cccc(-c3c[nH]c(=O)c(NC(=O)c4ccc(C(C)(C)C)cc4)c3)n2)CC1. The van der Waals surface area contributed by atoms with E-state index in [0.29, 0.717) is 42.3 Å². The first-order valence-electron chi connectivity index (χ1n) is 12.9. The first-order chi connectivity index (χ1) is 18.1. The number of anilines is 2. The minimum Gasteiger partial charge on any atom is -0.450 e. The summed E-state index contributed by atoms with van der Waals surface area (Å²) in [5, 5.41) is 6.17. The lowest BCUT2D eigenvalue weighted by molar-refractivity contribution is 0.0981. The van der Waals surface area contributed by atoms with Crippen molar-refractivity contribution in [3.8, 4) is 11.3 Å². The number of pyridine rings is 2. The third kappa shape index (κ3) is 6.59. The molecule has 1 aliphatic rings. The van der Waals surface area contributed by atoms with E-state index >= 15 is 0 Å². The van der Waals surface area contributed by atoms with Gasteiger partial charge in [-0.3, -0.25) is 9.59 Å². The van der Waals surface area contributed by atoms with Gasteiger partial charge in [0, 0.05) is 36.5 Å². The van der Waals surface area contributed by atoms with Crippen molar-refractivity contribution >= 4 is 23.5 Å². The number of ether oxygens (including phenoxy) is 1.